The first-order chi connectivity index (χ1) is 13.1. The summed E-state index contributed by atoms with van der Waals surface area (Å²) < 4.78 is 0. The van der Waals surface area contributed by atoms with Crippen LogP contribution >= 0.6 is 0 Å². The first-order valence-electron chi connectivity index (χ1n) is 9.27. The van der Waals surface area contributed by atoms with E-state index in [0.29, 0.717) is 5.69 Å². The van der Waals surface area contributed by atoms with Crippen molar-refractivity contribution in [1.82, 2.24) is 4.98 Å². The van der Waals surface area contributed by atoms with E-state index in [1.54, 1.807) is 12.3 Å². The van der Waals surface area contributed by atoms with Gasteiger partial charge in [0.1, 0.15) is 5.69 Å². The van der Waals surface area contributed by atoms with Crippen LogP contribution in [0.15, 0.2) is 60.8 Å². The number of aromatic nitrogens is 1. The molecule has 0 saturated heterocycles. The van der Waals surface area contributed by atoms with E-state index in [-0.39, 0.29) is 5.91 Å². The Morgan fingerprint density at radius 1 is 0.963 bits per heavy atom. The molecule has 3 aromatic rings. The summed E-state index contributed by atoms with van der Waals surface area (Å²) in [6, 6.07) is 18.3. The Hall–Kier alpha value is -3.14. The van der Waals surface area contributed by atoms with Crippen molar-refractivity contribution in [2.45, 2.75) is 26.8 Å². The highest BCUT2D eigenvalue weighted by molar-refractivity contribution is 6.03. The van der Waals surface area contributed by atoms with Crippen molar-refractivity contribution in [3.8, 4) is 0 Å². The molecule has 2 aromatic carbocycles. The number of fused-ring (bicyclic) bond motifs is 1. The van der Waals surface area contributed by atoms with E-state index in [1.807, 2.05) is 38.1 Å². The molecule has 1 amide bonds. The summed E-state index contributed by atoms with van der Waals surface area (Å²) in [6.07, 6.45) is 2.83. The van der Waals surface area contributed by atoms with Crippen LogP contribution in [0.4, 0.5) is 11.4 Å². The minimum absolute atomic E-state index is 0.178. The molecule has 27 heavy (non-hydrogen) atoms. The summed E-state index contributed by atoms with van der Waals surface area (Å²) >= 11 is 0. The Morgan fingerprint density at radius 3 is 2.41 bits per heavy atom. The molecule has 0 saturated carbocycles. The highest BCUT2D eigenvalue weighted by Gasteiger charge is 2.17. The fraction of sp³-hybridized carbons (Fsp3) is 0.217. The van der Waals surface area contributed by atoms with Gasteiger partial charge < -0.3 is 10.2 Å². The van der Waals surface area contributed by atoms with E-state index in [4.69, 9.17) is 0 Å². The van der Waals surface area contributed by atoms with Crippen LogP contribution in [0.2, 0.25) is 0 Å². The van der Waals surface area contributed by atoms with Crippen LogP contribution in [0.5, 0.6) is 0 Å². The highest BCUT2D eigenvalue weighted by atomic mass is 16.1. The predicted molar refractivity (Wildman–Crippen MR) is 109 cm³/mol. The molecule has 0 spiro atoms. The minimum Gasteiger partial charge on any atom is -0.366 e. The van der Waals surface area contributed by atoms with E-state index in [2.05, 4.69) is 39.5 Å². The molecule has 0 bridgehead atoms. The molecule has 0 radical (unpaired) electrons. The molecule has 1 aromatic heterocycles. The van der Waals surface area contributed by atoms with Gasteiger partial charge >= 0.3 is 0 Å². The summed E-state index contributed by atoms with van der Waals surface area (Å²) in [6.45, 7) is 5.83. The van der Waals surface area contributed by atoms with Crippen LogP contribution < -0.4 is 10.2 Å². The van der Waals surface area contributed by atoms with Crippen molar-refractivity contribution in [2.24, 2.45) is 0 Å². The minimum atomic E-state index is -0.178. The maximum Gasteiger partial charge on any atom is 0.274 e. The zero-order valence-corrected chi connectivity index (χ0v) is 15.7. The van der Waals surface area contributed by atoms with Gasteiger partial charge in [0.25, 0.3) is 5.91 Å². The molecule has 136 valence electrons. The van der Waals surface area contributed by atoms with E-state index in [0.717, 1.165) is 42.0 Å². The van der Waals surface area contributed by atoms with Crippen molar-refractivity contribution in [3.05, 3.63) is 88.7 Å². The fourth-order valence-corrected chi connectivity index (χ4v) is 3.61. The Balaban J connectivity index is 1.49. The number of carbonyl (C=O) groups is 1. The Bertz CT molecular complexity index is 959. The number of para-hydroxylation sites is 1. The molecule has 4 nitrogen and oxygen atoms in total. The number of amides is 1. The average Bonchev–Trinajstić information content (AvgIpc) is 2.70. The van der Waals surface area contributed by atoms with Gasteiger partial charge in [0, 0.05) is 18.8 Å². The molecular formula is C23H23N3O. The lowest BCUT2D eigenvalue weighted by Gasteiger charge is -2.30. The number of rotatable bonds is 3. The number of nitrogens with zero attached hydrogens (tertiary/aromatic N) is 2. The van der Waals surface area contributed by atoms with E-state index < -0.39 is 0 Å². The molecule has 4 heteroatoms. The summed E-state index contributed by atoms with van der Waals surface area (Å²) in [7, 11) is 0. The normalized spacial score (nSPS) is 13.2. The van der Waals surface area contributed by atoms with E-state index in [9.17, 15) is 4.79 Å². The quantitative estimate of drug-likeness (QED) is 0.750. The van der Waals surface area contributed by atoms with Crippen molar-refractivity contribution >= 4 is 17.3 Å². The van der Waals surface area contributed by atoms with Crippen molar-refractivity contribution in [1.29, 1.82) is 0 Å². The number of hydrogen-bond donors (Lipinski definition) is 1. The largest absolute Gasteiger partial charge is 0.366 e. The third-order valence-corrected chi connectivity index (χ3v) is 5.20. The highest BCUT2D eigenvalue weighted by Crippen LogP contribution is 2.24. The number of hydrogen-bond acceptors (Lipinski definition) is 3. The maximum atomic E-state index is 12.6. The third kappa shape index (κ3) is 3.56. The molecule has 2 heterocycles. The lowest BCUT2D eigenvalue weighted by Crippen LogP contribution is -2.30. The van der Waals surface area contributed by atoms with E-state index in [1.165, 1.54) is 11.1 Å². The van der Waals surface area contributed by atoms with Gasteiger partial charge in [0.15, 0.2) is 0 Å². The Morgan fingerprint density at radius 2 is 1.70 bits per heavy atom. The van der Waals surface area contributed by atoms with Gasteiger partial charge in [-0.25, -0.2) is 4.98 Å². The summed E-state index contributed by atoms with van der Waals surface area (Å²) in [5.41, 5.74) is 7.22. The molecule has 4 rings (SSSR count). The van der Waals surface area contributed by atoms with Crippen molar-refractivity contribution in [2.75, 3.05) is 16.8 Å². The van der Waals surface area contributed by atoms with Crippen LogP contribution in [0.25, 0.3) is 0 Å². The van der Waals surface area contributed by atoms with Gasteiger partial charge in [-0.2, -0.15) is 0 Å². The maximum absolute atomic E-state index is 12.6. The number of carbonyl (C=O) groups excluding carboxylic acids is 1. The Labute approximate surface area is 159 Å². The zero-order chi connectivity index (χ0) is 18.8. The molecule has 1 aliphatic rings. The fourth-order valence-electron chi connectivity index (χ4n) is 3.61. The van der Waals surface area contributed by atoms with Crippen LogP contribution in [-0.4, -0.2) is 17.4 Å². The first-order valence-corrected chi connectivity index (χ1v) is 9.27. The molecule has 1 aliphatic heterocycles. The van der Waals surface area contributed by atoms with Gasteiger partial charge in [-0.1, -0.05) is 42.5 Å². The number of nitrogens with one attached hydrogen (secondary N) is 1. The second kappa shape index (κ2) is 7.23. The zero-order valence-electron chi connectivity index (χ0n) is 15.7. The smallest absolute Gasteiger partial charge is 0.274 e. The summed E-state index contributed by atoms with van der Waals surface area (Å²) in [4.78, 5) is 19.3. The van der Waals surface area contributed by atoms with Crippen LogP contribution in [0.1, 0.15) is 32.7 Å². The third-order valence-electron chi connectivity index (χ3n) is 5.20. The summed E-state index contributed by atoms with van der Waals surface area (Å²) in [5.74, 6) is -0.178. The lowest BCUT2D eigenvalue weighted by molar-refractivity contribution is 0.102. The van der Waals surface area contributed by atoms with Crippen molar-refractivity contribution < 1.29 is 4.79 Å². The average molecular weight is 357 g/mol. The van der Waals surface area contributed by atoms with Crippen LogP contribution in [-0.2, 0) is 13.0 Å². The van der Waals surface area contributed by atoms with Crippen LogP contribution in [0.3, 0.4) is 0 Å². The number of pyridine rings is 1. The molecule has 0 aliphatic carbocycles. The second-order valence-corrected chi connectivity index (χ2v) is 7.06. The molecular weight excluding hydrogens is 334 g/mol. The van der Waals surface area contributed by atoms with E-state index >= 15 is 0 Å². The van der Waals surface area contributed by atoms with Gasteiger partial charge in [0.2, 0.25) is 0 Å². The van der Waals surface area contributed by atoms with Gasteiger partial charge in [-0.05, 0) is 54.7 Å². The Kier molecular flexibility index (Phi) is 4.63. The monoisotopic (exact) mass is 357 g/mol. The molecule has 0 atom stereocenters. The number of benzene rings is 2. The number of aryl methyl sites for hydroxylation is 2. The predicted octanol–water partition coefficient (Wildman–Crippen LogP) is 4.51. The summed E-state index contributed by atoms with van der Waals surface area (Å²) in [5, 5.41) is 2.99. The second-order valence-electron chi connectivity index (χ2n) is 7.06. The van der Waals surface area contributed by atoms with Crippen LogP contribution in [0, 0.1) is 13.8 Å². The van der Waals surface area contributed by atoms with Gasteiger partial charge in [-0.3, -0.25) is 4.79 Å². The number of anilines is 2. The topological polar surface area (TPSA) is 45.2 Å². The van der Waals surface area contributed by atoms with Gasteiger partial charge in [0.05, 0.1) is 11.9 Å². The van der Waals surface area contributed by atoms with Crippen molar-refractivity contribution in [3.63, 3.8) is 0 Å². The van der Waals surface area contributed by atoms with Gasteiger partial charge in [-0.15, -0.1) is 0 Å². The molecule has 1 N–H and O–H groups in total. The molecule has 0 unspecified atom stereocenters. The SMILES string of the molecule is Cc1cccc(C)c1NC(=O)c1ccc(N2CCc3ccccc3C2)cn1. The standard InChI is InChI=1S/C23H23N3O/c1-16-6-5-7-17(2)22(16)25-23(27)21-11-10-20(14-24-21)26-13-12-18-8-3-4-9-19(18)15-26/h3-11,14H,12-13,15H2,1-2H3,(H,25,27). The lowest BCUT2D eigenvalue weighted by atomic mass is 10.00. The first kappa shape index (κ1) is 17.3. The molecule has 0 fully saturated rings.